The molecule has 1 atom stereocenters. The van der Waals surface area contributed by atoms with Crippen LogP contribution in [0.5, 0.6) is 0 Å². The maximum atomic E-state index is 13.6. The largest absolute Gasteiger partial charge is 0.369 e. The van der Waals surface area contributed by atoms with Gasteiger partial charge in [-0.05, 0) is 49.7 Å². The Morgan fingerprint density at radius 2 is 1.97 bits per heavy atom. The van der Waals surface area contributed by atoms with Gasteiger partial charge in [-0.15, -0.1) is 0 Å². The average molecular weight is 446 g/mol. The van der Waals surface area contributed by atoms with Crippen molar-refractivity contribution in [2.24, 2.45) is 7.05 Å². The Hall–Kier alpha value is -2.82. The zero-order chi connectivity index (χ0) is 22.2. The van der Waals surface area contributed by atoms with Crippen molar-refractivity contribution in [3.63, 3.8) is 0 Å². The number of halogens is 1. The molecule has 0 bridgehead atoms. The normalized spacial score (nSPS) is 17.6. The van der Waals surface area contributed by atoms with Crippen LogP contribution < -0.4 is 5.32 Å². The molecule has 1 aliphatic rings. The van der Waals surface area contributed by atoms with Crippen LogP contribution in [0.4, 0.5) is 16.0 Å². The van der Waals surface area contributed by atoms with Gasteiger partial charge < -0.3 is 10.1 Å². The molecule has 0 unspecified atom stereocenters. The van der Waals surface area contributed by atoms with E-state index in [1.807, 2.05) is 32.2 Å². The number of ether oxygens (including phenoxy) is 1. The number of aryl methyl sites for hydroxylation is 3. The van der Waals surface area contributed by atoms with Crippen LogP contribution in [0.2, 0.25) is 0 Å². The van der Waals surface area contributed by atoms with Crippen LogP contribution in [-0.2, 0) is 21.8 Å². The van der Waals surface area contributed by atoms with Crippen molar-refractivity contribution in [1.29, 1.82) is 0 Å². The van der Waals surface area contributed by atoms with Gasteiger partial charge in [-0.3, -0.25) is 4.68 Å². The van der Waals surface area contributed by atoms with E-state index in [0.29, 0.717) is 17.3 Å². The lowest BCUT2D eigenvalue weighted by Gasteiger charge is -2.32. The van der Waals surface area contributed by atoms with Crippen LogP contribution in [0.25, 0.3) is 0 Å². The van der Waals surface area contributed by atoms with Crippen LogP contribution in [-0.4, -0.2) is 47.2 Å². The van der Waals surface area contributed by atoms with E-state index in [1.54, 1.807) is 17.7 Å². The number of pyridine rings is 1. The highest BCUT2D eigenvalue weighted by Crippen LogP contribution is 2.27. The molecule has 1 saturated heterocycles. The first kappa shape index (κ1) is 21.4. The summed E-state index contributed by atoms with van der Waals surface area (Å²) in [7, 11) is -1.91. The standard InChI is InChI=1S/C21H24FN5O3S/c1-14-11-16(7-8-17(14)22)31(28,29)27-9-10-30-19(13-27)18-5-4-6-20(23-18)24-21-12-15(2)26(3)25-21/h4-8,11-12,19H,9-10,13H2,1-3H3,(H,23,24,25)/t19-/m1/s1. The fourth-order valence-corrected chi connectivity index (χ4v) is 4.91. The Kier molecular flexibility index (Phi) is 5.78. The highest BCUT2D eigenvalue weighted by Gasteiger charge is 2.32. The first-order chi connectivity index (χ1) is 14.7. The lowest BCUT2D eigenvalue weighted by molar-refractivity contribution is -0.00486. The Morgan fingerprint density at radius 3 is 2.68 bits per heavy atom. The van der Waals surface area contributed by atoms with Gasteiger partial charge in [0.05, 0.1) is 17.2 Å². The molecule has 0 aliphatic carbocycles. The van der Waals surface area contributed by atoms with Crippen molar-refractivity contribution >= 4 is 21.7 Å². The molecular weight excluding hydrogens is 421 g/mol. The zero-order valence-electron chi connectivity index (χ0n) is 17.5. The molecule has 3 heterocycles. The van der Waals surface area contributed by atoms with Crippen molar-refractivity contribution in [2.45, 2.75) is 24.8 Å². The van der Waals surface area contributed by atoms with E-state index in [9.17, 15) is 12.8 Å². The smallest absolute Gasteiger partial charge is 0.243 e. The summed E-state index contributed by atoms with van der Waals surface area (Å²) in [4.78, 5) is 4.66. The van der Waals surface area contributed by atoms with E-state index in [0.717, 1.165) is 5.69 Å². The van der Waals surface area contributed by atoms with Crippen molar-refractivity contribution in [1.82, 2.24) is 19.1 Å². The monoisotopic (exact) mass is 445 g/mol. The molecule has 3 aromatic rings. The van der Waals surface area contributed by atoms with E-state index in [4.69, 9.17) is 4.74 Å². The summed E-state index contributed by atoms with van der Waals surface area (Å²) in [5.74, 6) is 0.828. The summed E-state index contributed by atoms with van der Waals surface area (Å²) in [5, 5.41) is 7.52. The fourth-order valence-electron chi connectivity index (χ4n) is 3.40. The number of benzene rings is 1. The topological polar surface area (TPSA) is 89.4 Å². The second-order valence-corrected chi connectivity index (χ2v) is 9.44. The van der Waals surface area contributed by atoms with Gasteiger partial charge in [-0.25, -0.2) is 17.8 Å². The highest BCUT2D eigenvalue weighted by molar-refractivity contribution is 7.89. The van der Waals surface area contributed by atoms with Crippen LogP contribution in [0.15, 0.2) is 47.4 Å². The second kappa shape index (κ2) is 8.37. The van der Waals surface area contributed by atoms with Crippen molar-refractivity contribution < 1.29 is 17.5 Å². The molecule has 1 aliphatic heterocycles. The van der Waals surface area contributed by atoms with Crippen molar-refractivity contribution in [3.8, 4) is 0 Å². The third kappa shape index (κ3) is 4.46. The predicted octanol–water partition coefficient (Wildman–Crippen LogP) is 3.08. The summed E-state index contributed by atoms with van der Waals surface area (Å²) in [6.45, 7) is 4.08. The fraction of sp³-hybridized carbons (Fsp3) is 0.333. The molecule has 4 rings (SSSR count). The van der Waals surface area contributed by atoms with Gasteiger partial charge in [0.1, 0.15) is 17.7 Å². The Labute approximate surface area is 180 Å². The van der Waals surface area contributed by atoms with Gasteiger partial charge in [0.25, 0.3) is 0 Å². The summed E-state index contributed by atoms with van der Waals surface area (Å²) in [6, 6.07) is 11.2. The van der Waals surface area contributed by atoms with Crippen LogP contribution in [0.1, 0.15) is 23.1 Å². The molecule has 8 nitrogen and oxygen atoms in total. The Morgan fingerprint density at radius 1 is 1.16 bits per heavy atom. The SMILES string of the molecule is Cc1cc(S(=O)(=O)N2CCO[C@@H](c3cccc(Nc4cc(C)n(C)n4)n3)C2)ccc1F. The van der Waals surface area contributed by atoms with E-state index >= 15 is 0 Å². The number of anilines is 2. The second-order valence-electron chi connectivity index (χ2n) is 7.50. The van der Waals surface area contributed by atoms with E-state index in [2.05, 4.69) is 15.4 Å². The minimum atomic E-state index is -3.77. The lowest BCUT2D eigenvalue weighted by Crippen LogP contribution is -2.42. The molecule has 0 amide bonds. The maximum absolute atomic E-state index is 13.6. The van der Waals surface area contributed by atoms with Crippen molar-refractivity contribution in [3.05, 3.63) is 65.2 Å². The van der Waals surface area contributed by atoms with Crippen LogP contribution >= 0.6 is 0 Å². The molecule has 2 aromatic heterocycles. The van der Waals surface area contributed by atoms with Gasteiger partial charge in [0.2, 0.25) is 10.0 Å². The van der Waals surface area contributed by atoms with Gasteiger partial charge in [0, 0.05) is 31.9 Å². The van der Waals surface area contributed by atoms with Gasteiger partial charge in [-0.1, -0.05) is 6.07 Å². The molecule has 1 N–H and O–H groups in total. The molecule has 1 fully saturated rings. The number of sulfonamides is 1. The first-order valence-corrected chi connectivity index (χ1v) is 11.3. The molecule has 0 radical (unpaired) electrons. The predicted molar refractivity (Wildman–Crippen MR) is 114 cm³/mol. The number of rotatable bonds is 5. The number of morpholine rings is 1. The van der Waals surface area contributed by atoms with Crippen molar-refractivity contribution in [2.75, 3.05) is 25.0 Å². The minimum absolute atomic E-state index is 0.0703. The zero-order valence-corrected chi connectivity index (χ0v) is 18.4. The number of nitrogens with one attached hydrogen (secondary N) is 1. The number of nitrogens with zero attached hydrogens (tertiary/aromatic N) is 4. The Bertz CT molecular complexity index is 1190. The molecular formula is C21H24FN5O3S. The van der Waals surface area contributed by atoms with E-state index in [1.165, 1.54) is 22.5 Å². The third-order valence-electron chi connectivity index (χ3n) is 5.27. The highest BCUT2D eigenvalue weighted by atomic mass is 32.2. The quantitative estimate of drug-likeness (QED) is 0.649. The number of aromatic nitrogens is 3. The van der Waals surface area contributed by atoms with Gasteiger partial charge >= 0.3 is 0 Å². The summed E-state index contributed by atoms with van der Waals surface area (Å²) in [5.41, 5.74) is 1.91. The summed E-state index contributed by atoms with van der Waals surface area (Å²) >= 11 is 0. The average Bonchev–Trinajstić information content (AvgIpc) is 3.07. The van der Waals surface area contributed by atoms with Gasteiger partial charge in [-0.2, -0.15) is 9.40 Å². The molecule has 31 heavy (non-hydrogen) atoms. The number of hydrogen-bond donors (Lipinski definition) is 1. The van der Waals surface area contributed by atoms with E-state index < -0.39 is 21.9 Å². The third-order valence-corrected chi connectivity index (χ3v) is 7.13. The first-order valence-electron chi connectivity index (χ1n) is 9.86. The summed E-state index contributed by atoms with van der Waals surface area (Å²) < 4.78 is 48.7. The molecule has 164 valence electrons. The molecule has 0 spiro atoms. The van der Waals surface area contributed by atoms with Crippen LogP contribution in [0, 0.1) is 19.7 Å². The molecule has 0 saturated carbocycles. The maximum Gasteiger partial charge on any atom is 0.243 e. The minimum Gasteiger partial charge on any atom is -0.369 e. The van der Waals surface area contributed by atoms with Gasteiger partial charge in [0.15, 0.2) is 5.82 Å². The number of hydrogen-bond acceptors (Lipinski definition) is 6. The van der Waals surface area contributed by atoms with E-state index in [-0.39, 0.29) is 30.2 Å². The summed E-state index contributed by atoms with van der Waals surface area (Å²) in [6.07, 6.45) is -0.516. The molecule has 1 aromatic carbocycles. The molecule has 10 heteroatoms. The van der Waals surface area contributed by atoms with Crippen LogP contribution in [0.3, 0.4) is 0 Å². The lowest BCUT2D eigenvalue weighted by atomic mass is 10.2. The Balaban J connectivity index is 1.53.